The smallest absolute Gasteiger partial charge is 0.0757 e. The van der Waals surface area contributed by atoms with E-state index in [9.17, 15) is 0 Å². The van der Waals surface area contributed by atoms with Crippen molar-refractivity contribution in [3.63, 3.8) is 0 Å². The van der Waals surface area contributed by atoms with Crippen molar-refractivity contribution in [2.75, 3.05) is 0 Å². The van der Waals surface area contributed by atoms with Gasteiger partial charge in [-0.1, -0.05) is 27.2 Å². The maximum absolute atomic E-state index is 6.96. The second-order valence-electron chi connectivity index (χ2n) is 5.34. The van der Waals surface area contributed by atoms with Crippen LogP contribution in [0.3, 0.4) is 0 Å². The molecule has 0 atom stereocenters. The van der Waals surface area contributed by atoms with Crippen LogP contribution in [0.15, 0.2) is 5.11 Å². The fourth-order valence-corrected chi connectivity index (χ4v) is 1.11. The molecule has 0 aromatic carbocycles. The fraction of sp³-hybridized carbons (Fsp3) is 1.00. The Hall–Kier alpha value is -0.400. The standard InChI is InChI=1S/C10H22N2/c1-9(2,3)7-6-8-10(4,5)12-11/h11H,6-8H2,1-5H3. The highest BCUT2D eigenvalue weighted by Crippen LogP contribution is 2.25. The van der Waals surface area contributed by atoms with Gasteiger partial charge in [-0.2, -0.15) is 5.11 Å². The lowest BCUT2D eigenvalue weighted by Crippen LogP contribution is -2.16. The SMILES string of the molecule is CC(C)(C)CCCC(C)(C)N=N. The Morgan fingerprint density at radius 2 is 1.50 bits per heavy atom. The molecule has 2 heteroatoms. The average molecular weight is 170 g/mol. The molecular formula is C10H22N2. The Morgan fingerprint density at radius 3 is 1.83 bits per heavy atom. The van der Waals surface area contributed by atoms with Crippen molar-refractivity contribution >= 4 is 0 Å². The number of nitrogens with zero attached hydrogens (tertiary/aromatic N) is 1. The summed E-state index contributed by atoms with van der Waals surface area (Å²) >= 11 is 0. The average Bonchev–Trinajstić information content (AvgIpc) is 1.84. The van der Waals surface area contributed by atoms with E-state index in [2.05, 4.69) is 25.9 Å². The first-order valence-electron chi connectivity index (χ1n) is 4.65. The normalized spacial score (nSPS) is 13.1. The molecule has 0 radical (unpaired) electrons. The Bertz CT molecular complexity index is 142. The topological polar surface area (TPSA) is 36.2 Å². The third-order valence-corrected chi connectivity index (χ3v) is 2.02. The van der Waals surface area contributed by atoms with Crippen molar-refractivity contribution in [1.82, 2.24) is 0 Å². The largest absolute Gasteiger partial charge is 0.209 e. The maximum atomic E-state index is 6.96. The molecule has 0 unspecified atom stereocenters. The van der Waals surface area contributed by atoms with E-state index in [1.807, 2.05) is 13.8 Å². The summed E-state index contributed by atoms with van der Waals surface area (Å²) in [4.78, 5) is 0. The van der Waals surface area contributed by atoms with Crippen LogP contribution in [0.2, 0.25) is 0 Å². The molecule has 0 saturated heterocycles. The fourth-order valence-electron chi connectivity index (χ4n) is 1.11. The van der Waals surface area contributed by atoms with Gasteiger partial charge in [0, 0.05) is 0 Å². The minimum absolute atomic E-state index is 0.148. The number of rotatable bonds is 4. The van der Waals surface area contributed by atoms with Gasteiger partial charge in [0.15, 0.2) is 0 Å². The first-order valence-corrected chi connectivity index (χ1v) is 4.65. The van der Waals surface area contributed by atoms with Crippen molar-refractivity contribution < 1.29 is 0 Å². The van der Waals surface area contributed by atoms with Crippen molar-refractivity contribution in [2.45, 2.75) is 59.4 Å². The predicted molar refractivity (Wildman–Crippen MR) is 52.5 cm³/mol. The van der Waals surface area contributed by atoms with Crippen LogP contribution in [0, 0.1) is 10.9 Å². The van der Waals surface area contributed by atoms with Crippen molar-refractivity contribution in [2.24, 2.45) is 10.5 Å². The van der Waals surface area contributed by atoms with Gasteiger partial charge in [0.05, 0.1) is 5.54 Å². The second kappa shape index (κ2) is 4.01. The molecule has 0 aliphatic carbocycles. The van der Waals surface area contributed by atoms with Gasteiger partial charge in [-0.25, -0.2) is 5.53 Å². The molecule has 0 fully saturated rings. The van der Waals surface area contributed by atoms with Gasteiger partial charge in [-0.15, -0.1) is 0 Å². The lowest BCUT2D eigenvalue weighted by molar-refractivity contribution is 0.329. The molecule has 0 rings (SSSR count). The summed E-state index contributed by atoms with van der Waals surface area (Å²) in [6, 6.07) is 0. The Morgan fingerprint density at radius 1 is 1.00 bits per heavy atom. The van der Waals surface area contributed by atoms with Crippen molar-refractivity contribution in [1.29, 1.82) is 5.53 Å². The highest BCUT2D eigenvalue weighted by molar-refractivity contribution is 4.75. The van der Waals surface area contributed by atoms with Gasteiger partial charge in [-0.3, -0.25) is 0 Å². The van der Waals surface area contributed by atoms with Crippen LogP contribution >= 0.6 is 0 Å². The summed E-state index contributed by atoms with van der Waals surface area (Å²) < 4.78 is 0. The van der Waals surface area contributed by atoms with Crippen LogP contribution in [0.4, 0.5) is 0 Å². The van der Waals surface area contributed by atoms with Crippen LogP contribution in [-0.2, 0) is 0 Å². The molecule has 0 aliphatic rings. The Kier molecular flexibility index (Phi) is 3.88. The van der Waals surface area contributed by atoms with E-state index in [1.165, 1.54) is 12.8 Å². The van der Waals surface area contributed by atoms with Crippen LogP contribution in [0.1, 0.15) is 53.9 Å². The Balaban J connectivity index is 3.64. The van der Waals surface area contributed by atoms with E-state index in [0.717, 1.165) is 6.42 Å². The minimum atomic E-state index is -0.148. The molecule has 0 saturated carbocycles. The van der Waals surface area contributed by atoms with Crippen LogP contribution < -0.4 is 0 Å². The monoisotopic (exact) mass is 170 g/mol. The van der Waals surface area contributed by atoms with Gasteiger partial charge in [0.2, 0.25) is 0 Å². The van der Waals surface area contributed by atoms with Gasteiger partial charge in [0.1, 0.15) is 0 Å². The summed E-state index contributed by atoms with van der Waals surface area (Å²) in [6.45, 7) is 10.8. The van der Waals surface area contributed by atoms with E-state index in [1.54, 1.807) is 0 Å². The number of hydrogen-bond donors (Lipinski definition) is 1. The highest BCUT2D eigenvalue weighted by Gasteiger charge is 2.17. The number of nitrogens with one attached hydrogen (secondary N) is 1. The number of hydrogen-bond acceptors (Lipinski definition) is 2. The third-order valence-electron chi connectivity index (χ3n) is 2.02. The maximum Gasteiger partial charge on any atom is 0.0757 e. The van der Waals surface area contributed by atoms with E-state index in [4.69, 9.17) is 5.53 Å². The molecule has 2 nitrogen and oxygen atoms in total. The third kappa shape index (κ3) is 6.32. The van der Waals surface area contributed by atoms with E-state index >= 15 is 0 Å². The second-order valence-corrected chi connectivity index (χ2v) is 5.34. The summed E-state index contributed by atoms with van der Waals surface area (Å²) in [5.74, 6) is 0. The van der Waals surface area contributed by atoms with Gasteiger partial charge in [0.25, 0.3) is 0 Å². The lowest BCUT2D eigenvalue weighted by atomic mass is 9.87. The van der Waals surface area contributed by atoms with Crippen LogP contribution in [0.5, 0.6) is 0 Å². The molecule has 72 valence electrons. The van der Waals surface area contributed by atoms with E-state index in [-0.39, 0.29) is 5.54 Å². The van der Waals surface area contributed by atoms with E-state index < -0.39 is 0 Å². The summed E-state index contributed by atoms with van der Waals surface area (Å²) in [5, 5.41) is 3.59. The van der Waals surface area contributed by atoms with Gasteiger partial charge < -0.3 is 0 Å². The molecule has 12 heavy (non-hydrogen) atoms. The van der Waals surface area contributed by atoms with Gasteiger partial charge in [-0.05, 0) is 32.1 Å². The first kappa shape index (κ1) is 11.6. The van der Waals surface area contributed by atoms with Crippen molar-refractivity contribution in [3.05, 3.63) is 0 Å². The molecular weight excluding hydrogens is 148 g/mol. The highest BCUT2D eigenvalue weighted by atomic mass is 15.0. The molecule has 1 N–H and O–H groups in total. The first-order chi connectivity index (χ1) is 5.27. The molecule has 0 heterocycles. The zero-order valence-corrected chi connectivity index (χ0v) is 9.07. The molecule has 0 bridgehead atoms. The van der Waals surface area contributed by atoms with E-state index in [0.29, 0.717) is 5.41 Å². The Labute approximate surface area is 76.3 Å². The summed E-state index contributed by atoms with van der Waals surface area (Å²) in [6.07, 6.45) is 3.40. The molecule has 0 aromatic rings. The molecule has 0 aliphatic heterocycles. The van der Waals surface area contributed by atoms with Gasteiger partial charge >= 0.3 is 0 Å². The molecule has 0 spiro atoms. The zero-order valence-electron chi connectivity index (χ0n) is 9.07. The summed E-state index contributed by atoms with van der Waals surface area (Å²) in [7, 11) is 0. The predicted octanol–water partition coefficient (Wildman–Crippen LogP) is 4.01. The lowest BCUT2D eigenvalue weighted by Gasteiger charge is -2.21. The quantitative estimate of drug-likeness (QED) is 0.619. The molecule has 0 aromatic heterocycles. The van der Waals surface area contributed by atoms with Crippen LogP contribution in [-0.4, -0.2) is 5.54 Å². The van der Waals surface area contributed by atoms with Crippen molar-refractivity contribution in [3.8, 4) is 0 Å². The zero-order chi connectivity index (χ0) is 9.83. The summed E-state index contributed by atoms with van der Waals surface area (Å²) in [5.41, 5.74) is 7.23. The molecule has 0 amide bonds. The minimum Gasteiger partial charge on any atom is -0.209 e. The van der Waals surface area contributed by atoms with Crippen LogP contribution in [0.25, 0.3) is 0 Å².